The average molecular weight is 485 g/mol. The predicted octanol–water partition coefficient (Wildman–Crippen LogP) is 6.15. The van der Waals surface area contributed by atoms with E-state index in [2.05, 4.69) is 21.6 Å². The van der Waals surface area contributed by atoms with E-state index in [0.29, 0.717) is 12.3 Å². The first-order valence-electron chi connectivity index (χ1n) is 13.0. The molecule has 1 aliphatic rings. The molecule has 0 aromatic rings. The van der Waals surface area contributed by atoms with Crippen LogP contribution in [0, 0.1) is 17.3 Å². The fourth-order valence-electron chi connectivity index (χ4n) is 4.97. The molecule has 1 aliphatic carbocycles. The van der Waals surface area contributed by atoms with Gasteiger partial charge in [0.15, 0.2) is 0 Å². The van der Waals surface area contributed by atoms with Crippen molar-refractivity contribution in [2.45, 2.75) is 124 Å². The summed E-state index contributed by atoms with van der Waals surface area (Å²) in [6, 6.07) is 0. The van der Waals surface area contributed by atoms with Crippen LogP contribution in [0.5, 0.6) is 0 Å². The van der Waals surface area contributed by atoms with Crippen molar-refractivity contribution in [2.75, 3.05) is 0 Å². The van der Waals surface area contributed by atoms with Crippen molar-refractivity contribution in [3.05, 3.63) is 0 Å². The second kappa shape index (κ2) is 16.5. The first-order valence-corrected chi connectivity index (χ1v) is 13.0. The summed E-state index contributed by atoms with van der Waals surface area (Å²) in [7, 11) is 0. The molecule has 3 unspecified atom stereocenters. The minimum atomic E-state index is -0.644. The van der Waals surface area contributed by atoms with Crippen molar-refractivity contribution in [1.82, 2.24) is 0 Å². The Bertz CT molecular complexity index is 647. The van der Waals surface area contributed by atoms with Crippen LogP contribution >= 0.6 is 0 Å². The van der Waals surface area contributed by atoms with Crippen LogP contribution in [0.15, 0.2) is 0 Å². The Hall–Kier alpha value is -2.12. The summed E-state index contributed by atoms with van der Waals surface area (Å²) in [5, 5.41) is 0. The molecular formula is C26H44O8. The maximum Gasteiger partial charge on any atom is 0.361 e. The zero-order valence-electron chi connectivity index (χ0n) is 21.5. The van der Waals surface area contributed by atoms with Crippen LogP contribution in [0.2, 0.25) is 0 Å². The molecule has 3 atom stereocenters. The third kappa shape index (κ3) is 11.8. The van der Waals surface area contributed by atoms with Gasteiger partial charge in [-0.2, -0.15) is 0 Å². The van der Waals surface area contributed by atoms with Crippen LogP contribution in [0.25, 0.3) is 0 Å². The molecule has 34 heavy (non-hydrogen) atoms. The van der Waals surface area contributed by atoms with Crippen molar-refractivity contribution in [3.8, 4) is 0 Å². The van der Waals surface area contributed by atoms with E-state index in [1.54, 1.807) is 0 Å². The largest absolute Gasteiger partial charge is 0.361 e. The summed E-state index contributed by atoms with van der Waals surface area (Å²) in [6.45, 7) is 6.57. The Labute approximate surface area is 204 Å². The molecule has 196 valence electrons. The molecule has 0 bridgehead atoms. The maximum atomic E-state index is 12.9. The summed E-state index contributed by atoms with van der Waals surface area (Å²) >= 11 is 0. The van der Waals surface area contributed by atoms with Crippen LogP contribution in [-0.4, -0.2) is 23.9 Å². The monoisotopic (exact) mass is 484 g/mol. The lowest BCUT2D eigenvalue weighted by atomic mass is 9.61. The van der Waals surface area contributed by atoms with Gasteiger partial charge in [0, 0.05) is 13.8 Å². The van der Waals surface area contributed by atoms with Crippen molar-refractivity contribution in [1.29, 1.82) is 0 Å². The molecule has 0 spiro atoms. The van der Waals surface area contributed by atoms with Gasteiger partial charge in [0.25, 0.3) is 0 Å². The Kier molecular flexibility index (Phi) is 14.5. The Balaban J connectivity index is 2.41. The van der Waals surface area contributed by atoms with Crippen molar-refractivity contribution in [2.24, 2.45) is 17.3 Å². The van der Waals surface area contributed by atoms with E-state index in [9.17, 15) is 19.2 Å². The van der Waals surface area contributed by atoms with Crippen LogP contribution in [0.3, 0.4) is 0 Å². The Morgan fingerprint density at radius 1 is 0.735 bits per heavy atom. The smallest absolute Gasteiger partial charge is 0.248 e. The van der Waals surface area contributed by atoms with Crippen LogP contribution < -0.4 is 0 Å². The topological polar surface area (TPSA) is 105 Å². The molecule has 1 fully saturated rings. The first-order chi connectivity index (χ1) is 16.2. The highest BCUT2D eigenvalue weighted by molar-refractivity contribution is 5.77. The fraction of sp³-hybridized carbons (Fsp3) is 0.846. The van der Waals surface area contributed by atoms with E-state index in [0.717, 1.165) is 64.2 Å². The molecule has 0 aliphatic heterocycles. The van der Waals surface area contributed by atoms with Gasteiger partial charge in [-0.3, -0.25) is 0 Å². The quantitative estimate of drug-likeness (QED) is 0.164. The van der Waals surface area contributed by atoms with Gasteiger partial charge in [0.05, 0.1) is 11.8 Å². The van der Waals surface area contributed by atoms with Crippen molar-refractivity contribution >= 4 is 23.9 Å². The van der Waals surface area contributed by atoms with Gasteiger partial charge in [-0.05, 0) is 44.4 Å². The number of unbranched alkanes of at least 4 members (excludes halogenated alkanes) is 7. The number of rotatable bonds is 14. The SMILES string of the molecule is CCCCCCC1CCC(CCCCCCCC(=O)OOC(C)=O)CC1(C)C(=O)OOC(C)=O. The third-order valence-corrected chi connectivity index (χ3v) is 6.89. The van der Waals surface area contributed by atoms with Gasteiger partial charge >= 0.3 is 23.9 Å². The summed E-state index contributed by atoms with van der Waals surface area (Å²) in [5.74, 6) is -1.52. The minimum Gasteiger partial charge on any atom is -0.248 e. The van der Waals surface area contributed by atoms with Gasteiger partial charge in [-0.15, -0.1) is 0 Å². The maximum absolute atomic E-state index is 12.9. The lowest BCUT2D eigenvalue weighted by Gasteiger charge is -2.42. The summed E-state index contributed by atoms with van der Waals surface area (Å²) in [5.41, 5.74) is -0.632. The molecule has 0 aromatic carbocycles. The normalized spacial score (nSPS) is 22.0. The van der Waals surface area contributed by atoms with Gasteiger partial charge in [0.1, 0.15) is 0 Å². The summed E-state index contributed by atoms with van der Waals surface area (Å²) in [4.78, 5) is 64.1. The molecule has 0 amide bonds. The molecule has 0 heterocycles. The molecule has 1 rings (SSSR count). The molecule has 8 heteroatoms. The molecule has 0 saturated heterocycles. The third-order valence-electron chi connectivity index (χ3n) is 6.89. The minimum absolute atomic E-state index is 0.234. The van der Waals surface area contributed by atoms with E-state index in [1.165, 1.54) is 33.1 Å². The van der Waals surface area contributed by atoms with Crippen molar-refractivity contribution in [3.63, 3.8) is 0 Å². The molecule has 0 N–H and O–H groups in total. The standard InChI is InChI=1S/C26H44O8/c1-5-6-7-12-15-23-18-17-22(19-26(23,4)25(30)34-32-21(3)28)14-11-9-8-10-13-16-24(29)33-31-20(2)27/h22-23H,5-19H2,1-4H3. The second-order valence-corrected chi connectivity index (χ2v) is 9.89. The fourth-order valence-corrected chi connectivity index (χ4v) is 4.97. The number of carbonyl (C=O) groups is 4. The highest BCUT2D eigenvalue weighted by atomic mass is 17.2. The summed E-state index contributed by atoms with van der Waals surface area (Å²) < 4.78 is 0. The van der Waals surface area contributed by atoms with Crippen LogP contribution in [-0.2, 0) is 38.7 Å². The molecular weight excluding hydrogens is 440 g/mol. The van der Waals surface area contributed by atoms with E-state index < -0.39 is 29.3 Å². The second-order valence-electron chi connectivity index (χ2n) is 9.89. The summed E-state index contributed by atoms with van der Waals surface area (Å²) in [6.07, 6.45) is 14.6. The molecule has 1 saturated carbocycles. The van der Waals surface area contributed by atoms with Gasteiger partial charge in [0.2, 0.25) is 0 Å². The van der Waals surface area contributed by atoms with Gasteiger partial charge in [-0.1, -0.05) is 71.1 Å². The van der Waals surface area contributed by atoms with Gasteiger partial charge in [-0.25, -0.2) is 38.7 Å². The highest BCUT2D eigenvalue weighted by Crippen LogP contribution is 2.48. The lowest BCUT2D eigenvalue weighted by Crippen LogP contribution is -2.42. The number of carbonyl (C=O) groups excluding carboxylic acids is 4. The Morgan fingerprint density at radius 2 is 1.32 bits per heavy atom. The lowest BCUT2D eigenvalue weighted by molar-refractivity contribution is -0.268. The average Bonchev–Trinajstić information content (AvgIpc) is 2.79. The van der Waals surface area contributed by atoms with E-state index in [4.69, 9.17) is 4.89 Å². The van der Waals surface area contributed by atoms with Gasteiger partial charge < -0.3 is 0 Å². The number of hydrogen-bond acceptors (Lipinski definition) is 8. The zero-order valence-corrected chi connectivity index (χ0v) is 21.5. The van der Waals surface area contributed by atoms with E-state index in [-0.39, 0.29) is 12.3 Å². The molecule has 0 aromatic heterocycles. The number of hydrogen-bond donors (Lipinski definition) is 0. The zero-order chi connectivity index (χ0) is 25.4. The Morgan fingerprint density at radius 3 is 2.00 bits per heavy atom. The highest BCUT2D eigenvalue weighted by Gasteiger charge is 2.47. The predicted molar refractivity (Wildman–Crippen MR) is 126 cm³/mol. The van der Waals surface area contributed by atoms with E-state index in [1.807, 2.05) is 6.92 Å². The van der Waals surface area contributed by atoms with Crippen LogP contribution in [0.4, 0.5) is 0 Å². The first kappa shape index (κ1) is 29.9. The molecule has 8 nitrogen and oxygen atoms in total. The van der Waals surface area contributed by atoms with Crippen LogP contribution in [0.1, 0.15) is 124 Å². The molecule has 0 radical (unpaired) electrons. The van der Waals surface area contributed by atoms with Crippen molar-refractivity contribution < 1.29 is 38.7 Å². The van der Waals surface area contributed by atoms with E-state index >= 15 is 0 Å².